The number of rotatable bonds is 3. The third-order valence-corrected chi connectivity index (χ3v) is 1.72. The van der Waals surface area contributed by atoms with Crippen LogP contribution in [0.2, 0.25) is 0 Å². The Morgan fingerprint density at radius 3 is 1.73 bits per heavy atom. The normalized spacial score (nSPS) is 27.3. The molecule has 2 atom stereocenters. The molecule has 68 valence electrons. The maximum absolute atomic E-state index is 8.25. The third kappa shape index (κ3) is 6.32. The number of hydrogen-bond donors (Lipinski definition) is 1. The lowest BCUT2D eigenvalue weighted by atomic mass is 10.3. The summed E-state index contributed by atoms with van der Waals surface area (Å²) in [5, 5.41) is 8.25. The van der Waals surface area contributed by atoms with E-state index in [9.17, 15) is 0 Å². The van der Waals surface area contributed by atoms with Crippen LogP contribution in [0.4, 0.5) is 0 Å². The van der Waals surface area contributed by atoms with E-state index >= 15 is 0 Å². The minimum atomic E-state index is 0.157. The van der Waals surface area contributed by atoms with Gasteiger partial charge < -0.3 is 9.84 Å². The second-order valence-electron chi connectivity index (χ2n) is 2.92. The van der Waals surface area contributed by atoms with Gasteiger partial charge in [0.2, 0.25) is 0 Å². The minimum absolute atomic E-state index is 0.157. The van der Waals surface area contributed by atoms with Crippen molar-refractivity contribution < 1.29 is 9.84 Å². The zero-order chi connectivity index (χ0) is 8.69. The molecule has 1 fully saturated rings. The Hall–Kier alpha value is -0.0800. The summed E-state index contributed by atoms with van der Waals surface area (Å²) >= 11 is 0. The highest BCUT2D eigenvalue weighted by atomic mass is 16.6. The average Bonchev–Trinajstić information content (AvgIpc) is 2.69. The summed E-state index contributed by atoms with van der Waals surface area (Å²) in [5.41, 5.74) is 0. The lowest BCUT2D eigenvalue weighted by Crippen LogP contribution is -1.93. The van der Waals surface area contributed by atoms with Gasteiger partial charge in [0.05, 0.1) is 12.7 Å². The van der Waals surface area contributed by atoms with Crippen LogP contribution in [0, 0.1) is 0 Å². The SMILES string of the molecule is CC1O[C@H]1CO.CCCCC. The minimum Gasteiger partial charge on any atom is -0.394 e. The highest BCUT2D eigenvalue weighted by molar-refractivity contribution is 4.78. The Labute approximate surface area is 69.6 Å². The van der Waals surface area contributed by atoms with Crippen molar-refractivity contribution in [3.63, 3.8) is 0 Å². The molecule has 1 rings (SSSR count). The molecule has 0 aromatic heterocycles. The Morgan fingerprint density at radius 1 is 1.27 bits per heavy atom. The molecule has 1 aliphatic rings. The second-order valence-corrected chi connectivity index (χ2v) is 2.92. The summed E-state index contributed by atoms with van der Waals surface area (Å²) in [5.74, 6) is 0. The lowest BCUT2D eigenvalue weighted by molar-refractivity contribution is 0.242. The summed E-state index contributed by atoms with van der Waals surface area (Å²) < 4.78 is 4.82. The molecular weight excluding hydrogens is 140 g/mol. The Balaban J connectivity index is 0.000000187. The van der Waals surface area contributed by atoms with E-state index in [1.807, 2.05) is 6.92 Å². The maximum Gasteiger partial charge on any atom is 0.107 e. The van der Waals surface area contributed by atoms with E-state index in [1.54, 1.807) is 0 Å². The molecule has 2 nitrogen and oxygen atoms in total. The van der Waals surface area contributed by atoms with Gasteiger partial charge in [0, 0.05) is 0 Å². The zero-order valence-corrected chi connectivity index (χ0v) is 7.84. The van der Waals surface area contributed by atoms with Gasteiger partial charge in [-0.3, -0.25) is 0 Å². The first-order valence-corrected chi connectivity index (χ1v) is 4.52. The predicted molar refractivity (Wildman–Crippen MR) is 46.6 cm³/mol. The molecule has 0 amide bonds. The topological polar surface area (TPSA) is 32.8 Å². The quantitative estimate of drug-likeness (QED) is 0.640. The van der Waals surface area contributed by atoms with Gasteiger partial charge in [0.15, 0.2) is 0 Å². The molecule has 1 heterocycles. The first-order chi connectivity index (χ1) is 5.26. The van der Waals surface area contributed by atoms with E-state index in [0.717, 1.165) is 0 Å². The summed E-state index contributed by atoms with van der Waals surface area (Å²) in [6.45, 7) is 6.55. The van der Waals surface area contributed by atoms with Crippen molar-refractivity contribution in [3.05, 3.63) is 0 Å². The van der Waals surface area contributed by atoms with Crippen LogP contribution >= 0.6 is 0 Å². The molecule has 11 heavy (non-hydrogen) atoms. The van der Waals surface area contributed by atoms with E-state index < -0.39 is 0 Å². The van der Waals surface area contributed by atoms with Gasteiger partial charge in [-0.25, -0.2) is 0 Å². The molecule has 0 bridgehead atoms. The third-order valence-electron chi connectivity index (χ3n) is 1.72. The number of epoxide rings is 1. The number of ether oxygens (including phenoxy) is 1. The van der Waals surface area contributed by atoms with Crippen LogP contribution in [-0.4, -0.2) is 23.9 Å². The largest absolute Gasteiger partial charge is 0.394 e. The van der Waals surface area contributed by atoms with E-state index in [2.05, 4.69) is 13.8 Å². The van der Waals surface area contributed by atoms with Gasteiger partial charge in [-0.05, 0) is 6.92 Å². The fourth-order valence-corrected chi connectivity index (χ4v) is 0.775. The van der Waals surface area contributed by atoms with Gasteiger partial charge in [-0.1, -0.05) is 33.1 Å². The van der Waals surface area contributed by atoms with Crippen LogP contribution in [0.5, 0.6) is 0 Å². The number of unbranched alkanes of at least 4 members (excludes halogenated alkanes) is 2. The van der Waals surface area contributed by atoms with Crippen LogP contribution in [0.25, 0.3) is 0 Å². The first-order valence-electron chi connectivity index (χ1n) is 4.52. The summed E-state index contributed by atoms with van der Waals surface area (Å²) in [6.07, 6.45) is 4.55. The van der Waals surface area contributed by atoms with E-state index in [4.69, 9.17) is 9.84 Å². The summed E-state index contributed by atoms with van der Waals surface area (Å²) in [4.78, 5) is 0. The molecule has 0 spiro atoms. The fraction of sp³-hybridized carbons (Fsp3) is 1.00. The van der Waals surface area contributed by atoms with Gasteiger partial charge in [-0.2, -0.15) is 0 Å². The van der Waals surface area contributed by atoms with E-state index in [-0.39, 0.29) is 12.7 Å². The molecule has 0 saturated carbocycles. The van der Waals surface area contributed by atoms with Crippen molar-refractivity contribution >= 4 is 0 Å². The Kier molecular flexibility index (Phi) is 6.57. The van der Waals surface area contributed by atoms with Crippen LogP contribution in [0.15, 0.2) is 0 Å². The highest BCUT2D eigenvalue weighted by Gasteiger charge is 2.32. The van der Waals surface area contributed by atoms with Gasteiger partial charge in [0.25, 0.3) is 0 Å². The smallest absolute Gasteiger partial charge is 0.107 e. The molecule has 1 unspecified atom stereocenters. The molecule has 0 aromatic carbocycles. The zero-order valence-electron chi connectivity index (χ0n) is 7.84. The van der Waals surface area contributed by atoms with Crippen LogP contribution in [0.3, 0.4) is 0 Å². The molecule has 1 saturated heterocycles. The van der Waals surface area contributed by atoms with Crippen LogP contribution in [0.1, 0.15) is 40.0 Å². The molecular formula is C9H20O2. The number of hydrogen-bond acceptors (Lipinski definition) is 2. The average molecular weight is 160 g/mol. The Bertz CT molecular complexity index is 79.6. The van der Waals surface area contributed by atoms with Gasteiger partial charge in [0.1, 0.15) is 6.10 Å². The van der Waals surface area contributed by atoms with Crippen molar-refractivity contribution in [1.29, 1.82) is 0 Å². The van der Waals surface area contributed by atoms with Gasteiger partial charge in [-0.15, -0.1) is 0 Å². The monoisotopic (exact) mass is 160 g/mol. The fourth-order valence-electron chi connectivity index (χ4n) is 0.775. The van der Waals surface area contributed by atoms with Crippen molar-refractivity contribution in [2.24, 2.45) is 0 Å². The number of aliphatic hydroxyl groups is 1. The van der Waals surface area contributed by atoms with Crippen LogP contribution in [-0.2, 0) is 4.74 Å². The maximum atomic E-state index is 8.25. The van der Waals surface area contributed by atoms with Gasteiger partial charge >= 0.3 is 0 Å². The van der Waals surface area contributed by atoms with Crippen molar-refractivity contribution in [2.75, 3.05) is 6.61 Å². The van der Waals surface area contributed by atoms with Crippen molar-refractivity contribution in [1.82, 2.24) is 0 Å². The highest BCUT2D eigenvalue weighted by Crippen LogP contribution is 2.18. The lowest BCUT2D eigenvalue weighted by Gasteiger charge is -1.79. The summed E-state index contributed by atoms with van der Waals surface area (Å²) in [7, 11) is 0. The van der Waals surface area contributed by atoms with E-state index in [1.165, 1.54) is 19.3 Å². The number of aliphatic hydroxyl groups excluding tert-OH is 1. The molecule has 2 heteroatoms. The van der Waals surface area contributed by atoms with Crippen LogP contribution < -0.4 is 0 Å². The first kappa shape index (κ1) is 10.9. The van der Waals surface area contributed by atoms with Crippen molar-refractivity contribution in [2.45, 2.75) is 52.2 Å². The summed E-state index contributed by atoms with van der Waals surface area (Å²) in [6, 6.07) is 0. The predicted octanol–water partition coefficient (Wildman–Crippen LogP) is 1.96. The second kappa shape index (κ2) is 6.62. The molecule has 1 N–H and O–H groups in total. The molecule has 0 aromatic rings. The molecule has 0 aliphatic carbocycles. The van der Waals surface area contributed by atoms with Crippen molar-refractivity contribution in [3.8, 4) is 0 Å². The standard InChI is InChI=1S/C5H12.C4H8O2/c1-3-5-4-2;1-3-4(2-5)6-3/h3-5H2,1-2H3;3-5H,2H2,1H3/t;3?,4-/m.0/s1. The Morgan fingerprint density at radius 2 is 1.73 bits per heavy atom. The molecule has 1 aliphatic heterocycles. The van der Waals surface area contributed by atoms with E-state index in [0.29, 0.717) is 6.10 Å². The molecule has 0 radical (unpaired) electrons.